The van der Waals surface area contributed by atoms with Gasteiger partial charge in [-0.05, 0) is 73.5 Å². The molecule has 0 aliphatic rings. The fourth-order valence-electron chi connectivity index (χ4n) is 3.92. The highest BCUT2D eigenvalue weighted by Crippen LogP contribution is 2.22. The Morgan fingerprint density at radius 3 is 2.37 bits per heavy atom. The van der Waals surface area contributed by atoms with Gasteiger partial charge in [-0.3, -0.25) is 9.36 Å². The predicted molar refractivity (Wildman–Crippen MR) is 138 cm³/mol. The van der Waals surface area contributed by atoms with Crippen molar-refractivity contribution in [2.24, 2.45) is 0 Å². The van der Waals surface area contributed by atoms with Gasteiger partial charge in [-0.15, -0.1) is 0 Å². The average Bonchev–Trinajstić information content (AvgIpc) is 2.89. The van der Waals surface area contributed by atoms with E-state index in [4.69, 9.17) is 26.1 Å². The van der Waals surface area contributed by atoms with Crippen LogP contribution < -0.4 is 10.3 Å². The van der Waals surface area contributed by atoms with Crippen LogP contribution in [-0.2, 0) is 11.3 Å². The predicted octanol–water partition coefficient (Wildman–Crippen LogP) is 6.14. The molecule has 0 saturated carbocycles. The Hall–Kier alpha value is -3.64. The summed E-state index contributed by atoms with van der Waals surface area (Å²) in [6, 6.07) is 21.8. The number of esters is 1. The first-order valence-corrected chi connectivity index (χ1v) is 12.0. The fraction of sp³-hybridized carbons (Fsp3) is 0.250. The first-order valence-electron chi connectivity index (χ1n) is 11.6. The fourth-order valence-corrected chi connectivity index (χ4v) is 4.04. The van der Waals surface area contributed by atoms with Crippen molar-refractivity contribution in [1.82, 2.24) is 9.55 Å². The van der Waals surface area contributed by atoms with Crippen LogP contribution in [0.5, 0.6) is 5.75 Å². The Kier molecular flexibility index (Phi) is 8.16. The Morgan fingerprint density at radius 2 is 1.63 bits per heavy atom. The standard InChI is InChI=1S/C28H27ClN2O4/c1-34-28(33)21-12-16-23(17-13-21)35-19-7-3-2-6-18-31-26(20-10-14-22(29)15-11-20)30-25-9-5-4-8-24(25)27(31)32/h4-5,8-17H,2-3,6-7,18-19H2,1H3. The van der Waals surface area contributed by atoms with Gasteiger partial charge in [0.15, 0.2) is 0 Å². The molecular formula is C28H27ClN2O4. The van der Waals surface area contributed by atoms with Crippen molar-refractivity contribution in [1.29, 1.82) is 0 Å². The lowest BCUT2D eigenvalue weighted by atomic mass is 10.1. The first kappa shape index (κ1) is 24.5. The van der Waals surface area contributed by atoms with Gasteiger partial charge < -0.3 is 9.47 Å². The van der Waals surface area contributed by atoms with Crippen molar-refractivity contribution in [3.05, 3.63) is 93.7 Å². The second kappa shape index (κ2) is 11.7. The number of carbonyl (C=O) groups excluding carboxylic acids is 1. The van der Waals surface area contributed by atoms with Gasteiger partial charge in [0.05, 0.1) is 30.2 Å². The van der Waals surface area contributed by atoms with Crippen LogP contribution in [0.3, 0.4) is 0 Å². The van der Waals surface area contributed by atoms with Crippen LogP contribution in [-0.4, -0.2) is 29.2 Å². The summed E-state index contributed by atoms with van der Waals surface area (Å²) in [6.07, 6.45) is 3.69. The summed E-state index contributed by atoms with van der Waals surface area (Å²) in [5.41, 5.74) is 2.02. The van der Waals surface area contributed by atoms with Gasteiger partial charge in [-0.25, -0.2) is 9.78 Å². The van der Waals surface area contributed by atoms with Crippen LogP contribution in [0.2, 0.25) is 5.02 Å². The number of unbranched alkanes of at least 4 members (excludes halogenated alkanes) is 3. The van der Waals surface area contributed by atoms with Crippen molar-refractivity contribution >= 4 is 28.5 Å². The van der Waals surface area contributed by atoms with E-state index in [9.17, 15) is 9.59 Å². The molecule has 6 nitrogen and oxygen atoms in total. The highest BCUT2D eigenvalue weighted by molar-refractivity contribution is 6.30. The van der Waals surface area contributed by atoms with Crippen LogP contribution in [0.15, 0.2) is 77.6 Å². The lowest BCUT2D eigenvalue weighted by molar-refractivity contribution is 0.0600. The van der Waals surface area contributed by atoms with E-state index in [1.165, 1.54) is 7.11 Å². The summed E-state index contributed by atoms with van der Waals surface area (Å²) in [4.78, 5) is 29.5. The molecule has 0 amide bonds. The molecule has 3 aromatic carbocycles. The summed E-state index contributed by atoms with van der Waals surface area (Å²) in [6.45, 7) is 1.18. The second-order valence-corrected chi connectivity index (χ2v) is 8.63. The molecule has 4 rings (SSSR count). The normalized spacial score (nSPS) is 10.9. The minimum atomic E-state index is -0.364. The largest absolute Gasteiger partial charge is 0.494 e. The lowest BCUT2D eigenvalue weighted by Gasteiger charge is -2.14. The van der Waals surface area contributed by atoms with E-state index in [2.05, 4.69) is 0 Å². The topological polar surface area (TPSA) is 70.4 Å². The van der Waals surface area contributed by atoms with E-state index in [1.807, 2.05) is 48.5 Å². The summed E-state index contributed by atoms with van der Waals surface area (Å²) < 4.78 is 12.2. The average molecular weight is 491 g/mol. The Morgan fingerprint density at radius 1 is 0.914 bits per heavy atom. The zero-order valence-corrected chi connectivity index (χ0v) is 20.3. The molecule has 7 heteroatoms. The monoisotopic (exact) mass is 490 g/mol. The van der Waals surface area contributed by atoms with Crippen LogP contribution in [0.4, 0.5) is 0 Å². The van der Waals surface area contributed by atoms with E-state index < -0.39 is 0 Å². The lowest BCUT2D eigenvalue weighted by Crippen LogP contribution is -2.23. The molecule has 0 fully saturated rings. The number of carbonyl (C=O) groups is 1. The molecule has 180 valence electrons. The van der Waals surface area contributed by atoms with Gasteiger partial charge in [0.25, 0.3) is 5.56 Å². The van der Waals surface area contributed by atoms with Gasteiger partial charge >= 0.3 is 5.97 Å². The minimum absolute atomic E-state index is 0.0284. The molecule has 1 aromatic heterocycles. The number of aromatic nitrogens is 2. The SMILES string of the molecule is COC(=O)c1ccc(OCCCCCCn2c(-c3ccc(Cl)cc3)nc3ccccc3c2=O)cc1. The van der Waals surface area contributed by atoms with Crippen molar-refractivity contribution in [2.45, 2.75) is 32.2 Å². The number of benzene rings is 3. The van der Waals surface area contributed by atoms with Gasteiger partial charge in [0.1, 0.15) is 11.6 Å². The zero-order chi connectivity index (χ0) is 24.6. The molecule has 0 spiro atoms. The molecular weight excluding hydrogens is 464 g/mol. The Bertz CT molecular complexity index is 1350. The van der Waals surface area contributed by atoms with Gasteiger partial charge in [-0.2, -0.15) is 0 Å². The summed E-state index contributed by atoms with van der Waals surface area (Å²) in [7, 11) is 1.36. The molecule has 0 aliphatic heterocycles. The van der Waals surface area contributed by atoms with Crippen molar-refractivity contribution < 1.29 is 14.3 Å². The van der Waals surface area contributed by atoms with Crippen molar-refractivity contribution in [3.8, 4) is 17.1 Å². The summed E-state index contributed by atoms with van der Waals surface area (Å²) >= 11 is 6.06. The molecule has 4 aromatic rings. The highest BCUT2D eigenvalue weighted by atomic mass is 35.5. The molecule has 1 heterocycles. The molecule has 0 atom stereocenters. The van der Waals surface area contributed by atoms with Crippen molar-refractivity contribution in [2.75, 3.05) is 13.7 Å². The van der Waals surface area contributed by atoms with Crippen LogP contribution in [0.25, 0.3) is 22.3 Å². The van der Waals surface area contributed by atoms with Crippen LogP contribution >= 0.6 is 11.6 Å². The van der Waals surface area contributed by atoms with Crippen LogP contribution in [0, 0.1) is 0 Å². The molecule has 0 unspecified atom stereocenters. The highest BCUT2D eigenvalue weighted by Gasteiger charge is 2.12. The molecule has 0 N–H and O–H groups in total. The molecule has 0 saturated heterocycles. The third-order valence-corrected chi connectivity index (χ3v) is 6.04. The second-order valence-electron chi connectivity index (χ2n) is 8.19. The van der Waals surface area contributed by atoms with Gasteiger partial charge in [0, 0.05) is 17.1 Å². The van der Waals surface area contributed by atoms with E-state index in [0.29, 0.717) is 40.5 Å². The number of fused-ring (bicyclic) bond motifs is 1. The zero-order valence-electron chi connectivity index (χ0n) is 19.6. The smallest absolute Gasteiger partial charge is 0.337 e. The van der Waals surface area contributed by atoms with E-state index >= 15 is 0 Å². The first-order chi connectivity index (χ1) is 17.1. The minimum Gasteiger partial charge on any atom is -0.494 e. The van der Waals surface area contributed by atoms with Crippen LogP contribution in [0.1, 0.15) is 36.0 Å². The molecule has 0 radical (unpaired) electrons. The van der Waals surface area contributed by atoms with E-state index in [0.717, 1.165) is 37.0 Å². The number of hydrogen-bond donors (Lipinski definition) is 0. The summed E-state index contributed by atoms with van der Waals surface area (Å²) in [5.74, 6) is 1.01. The number of halogens is 1. The molecule has 0 bridgehead atoms. The number of methoxy groups -OCH3 is 1. The Labute approximate surface area is 209 Å². The van der Waals surface area contributed by atoms with Gasteiger partial charge in [0.2, 0.25) is 0 Å². The third kappa shape index (κ3) is 6.08. The van der Waals surface area contributed by atoms with Crippen molar-refractivity contribution in [3.63, 3.8) is 0 Å². The van der Waals surface area contributed by atoms with E-state index in [1.54, 1.807) is 28.8 Å². The number of nitrogens with zero attached hydrogens (tertiary/aromatic N) is 2. The maximum Gasteiger partial charge on any atom is 0.337 e. The Balaban J connectivity index is 1.34. The van der Waals surface area contributed by atoms with E-state index in [-0.39, 0.29) is 11.5 Å². The summed E-state index contributed by atoms with van der Waals surface area (Å²) in [5, 5.41) is 1.27. The number of hydrogen-bond acceptors (Lipinski definition) is 5. The number of para-hydroxylation sites is 1. The molecule has 35 heavy (non-hydrogen) atoms. The number of rotatable bonds is 10. The maximum absolute atomic E-state index is 13.2. The number of ether oxygens (including phenoxy) is 2. The molecule has 0 aliphatic carbocycles. The maximum atomic E-state index is 13.2. The quantitative estimate of drug-likeness (QED) is 0.197. The van der Waals surface area contributed by atoms with Gasteiger partial charge in [-0.1, -0.05) is 36.6 Å². The third-order valence-electron chi connectivity index (χ3n) is 5.78.